The van der Waals surface area contributed by atoms with Crippen LogP contribution in [0.15, 0.2) is 24.3 Å². The molecule has 2 atom stereocenters. The molecule has 1 saturated heterocycles. The second-order valence-corrected chi connectivity index (χ2v) is 5.35. The van der Waals surface area contributed by atoms with Crippen molar-refractivity contribution < 1.29 is 14.6 Å². The summed E-state index contributed by atoms with van der Waals surface area (Å²) in [6.07, 6.45) is 1.15. The number of methoxy groups -OCH3 is 1. The molecule has 1 aromatic carbocycles. The van der Waals surface area contributed by atoms with Crippen molar-refractivity contribution in [3.8, 4) is 11.5 Å². The lowest BCUT2D eigenvalue weighted by molar-refractivity contribution is 0.117. The summed E-state index contributed by atoms with van der Waals surface area (Å²) in [6.45, 7) is 6.18. The zero-order valence-electron chi connectivity index (χ0n) is 12.4. The van der Waals surface area contributed by atoms with Gasteiger partial charge in [0.2, 0.25) is 0 Å². The lowest BCUT2D eigenvalue weighted by Gasteiger charge is -2.22. The average molecular weight is 279 g/mol. The van der Waals surface area contributed by atoms with E-state index in [1.165, 1.54) is 0 Å². The quantitative estimate of drug-likeness (QED) is 0.829. The summed E-state index contributed by atoms with van der Waals surface area (Å²) >= 11 is 0. The van der Waals surface area contributed by atoms with Crippen LogP contribution < -0.4 is 9.47 Å². The van der Waals surface area contributed by atoms with Gasteiger partial charge in [0.05, 0.1) is 13.7 Å². The number of likely N-dealkylation sites (tertiary alicyclic amines) is 1. The Bertz CT molecular complexity index is 410. The second-order valence-electron chi connectivity index (χ2n) is 5.35. The molecular weight excluding hydrogens is 254 g/mol. The van der Waals surface area contributed by atoms with Crippen molar-refractivity contribution in [1.29, 1.82) is 0 Å². The number of aliphatic hydroxyl groups is 1. The molecule has 4 heteroatoms. The second kappa shape index (κ2) is 7.50. The predicted molar refractivity (Wildman–Crippen MR) is 79.3 cm³/mol. The van der Waals surface area contributed by atoms with E-state index in [2.05, 4.69) is 11.8 Å². The molecule has 0 radical (unpaired) electrons. The largest absolute Gasteiger partial charge is 0.493 e. The molecule has 112 valence electrons. The Hall–Kier alpha value is -1.26. The van der Waals surface area contributed by atoms with Gasteiger partial charge in [-0.1, -0.05) is 19.1 Å². The first kappa shape index (κ1) is 15.1. The molecule has 1 aliphatic rings. The van der Waals surface area contributed by atoms with Crippen LogP contribution in [0, 0.1) is 11.8 Å². The monoisotopic (exact) mass is 279 g/mol. The van der Waals surface area contributed by atoms with Crippen LogP contribution in [0.1, 0.15) is 13.3 Å². The molecule has 0 aromatic heterocycles. The Labute approximate surface area is 121 Å². The Kier molecular flexibility index (Phi) is 5.68. The number of aliphatic hydroxyl groups excluding tert-OH is 1. The maximum Gasteiger partial charge on any atom is 0.161 e. The molecule has 0 spiro atoms. The summed E-state index contributed by atoms with van der Waals surface area (Å²) in [5.41, 5.74) is 0. The third kappa shape index (κ3) is 3.64. The van der Waals surface area contributed by atoms with Crippen molar-refractivity contribution >= 4 is 0 Å². The van der Waals surface area contributed by atoms with Gasteiger partial charge in [0.25, 0.3) is 0 Å². The lowest BCUT2D eigenvalue weighted by Crippen LogP contribution is -2.28. The molecule has 1 aromatic rings. The zero-order valence-corrected chi connectivity index (χ0v) is 12.4. The van der Waals surface area contributed by atoms with Gasteiger partial charge in [-0.15, -0.1) is 0 Å². The highest BCUT2D eigenvalue weighted by atomic mass is 16.5. The van der Waals surface area contributed by atoms with Gasteiger partial charge in [0, 0.05) is 19.1 Å². The van der Waals surface area contributed by atoms with Gasteiger partial charge in [-0.3, -0.25) is 0 Å². The highest BCUT2D eigenvalue weighted by Crippen LogP contribution is 2.29. The number of para-hydroxylation sites is 2. The van der Waals surface area contributed by atoms with E-state index in [9.17, 15) is 5.11 Å². The van der Waals surface area contributed by atoms with Gasteiger partial charge in [-0.25, -0.2) is 0 Å². The van der Waals surface area contributed by atoms with Gasteiger partial charge in [0.1, 0.15) is 0 Å². The standard InChI is InChI=1S/C16H25NO3/c1-3-17-9-8-13(10-17)14(11-18)12-20-16-7-5-4-6-15(16)19-2/h4-7,13-14,18H,3,8-12H2,1-2H3. The fourth-order valence-corrected chi connectivity index (χ4v) is 2.81. The molecule has 0 amide bonds. The normalized spacial score (nSPS) is 20.9. The third-order valence-electron chi connectivity index (χ3n) is 4.18. The molecule has 4 nitrogen and oxygen atoms in total. The maximum atomic E-state index is 9.62. The van der Waals surface area contributed by atoms with E-state index < -0.39 is 0 Å². The van der Waals surface area contributed by atoms with E-state index in [0.717, 1.165) is 37.6 Å². The predicted octanol–water partition coefficient (Wildman–Crippen LogP) is 2.02. The van der Waals surface area contributed by atoms with Crippen molar-refractivity contribution in [2.75, 3.05) is 40.0 Å². The van der Waals surface area contributed by atoms with Gasteiger partial charge in [0.15, 0.2) is 11.5 Å². The minimum atomic E-state index is 0.178. The molecule has 1 N–H and O–H groups in total. The van der Waals surface area contributed by atoms with Crippen molar-refractivity contribution in [3.05, 3.63) is 24.3 Å². The number of hydrogen-bond acceptors (Lipinski definition) is 4. The van der Waals surface area contributed by atoms with Crippen LogP contribution in [0.2, 0.25) is 0 Å². The Morgan fingerprint density at radius 2 is 2.10 bits per heavy atom. The molecule has 1 aliphatic heterocycles. The van der Waals surface area contributed by atoms with E-state index in [1.54, 1.807) is 7.11 Å². The fraction of sp³-hybridized carbons (Fsp3) is 0.625. The average Bonchev–Trinajstić information content (AvgIpc) is 2.97. The highest BCUT2D eigenvalue weighted by molar-refractivity contribution is 5.39. The Morgan fingerprint density at radius 1 is 1.35 bits per heavy atom. The van der Waals surface area contributed by atoms with Gasteiger partial charge >= 0.3 is 0 Å². The number of benzene rings is 1. The summed E-state index contributed by atoms with van der Waals surface area (Å²) in [4.78, 5) is 2.43. The van der Waals surface area contributed by atoms with Crippen LogP contribution in [-0.2, 0) is 0 Å². The summed E-state index contributed by atoms with van der Waals surface area (Å²) < 4.78 is 11.1. The van der Waals surface area contributed by atoms with Crippen molar-refractivity contribution in [1.82, 2.24) is 4.90 Å². The SMILES string of the molecule is CCN1CCC(C(CO)COc2ccccc2OC)C1. The van der Waals surface area contributed by atoms with Crippen LogP contribution in [-0.4, -0.2) is 50.0 Å². The van der Waals surface area contributed by atoms with Crippen LogP contribution in [0.5, 0.6) is 11.5 Å². The number of hydrogen-bond donors (Lipinski definition) is 1. The topological polar surface area (TPSA) is 41.9 Å². The minimum Gasteiger partial charge on any atom is -0.493 e. The van der Waals surface area contributed by atoms with E-state index >= 15 is 0 Å². The molecule has 0 bridgehead atoms. The van der Waals surface area contributed by atoms with E-state index in [4.69, 9.17) is 9.47 Å². The first-order valence-corrected chi connectivity index (χ1v) is 7.37. The van der Waals surface area contributed by atoms with E-state index in [1.807, 2.05) is 24.3 Å². The summed E-state index contributed by atoms with van der Waals surface area (Å²) in [7, 11) is 1.64. The van der Waals surface area contributed by atoms with Crippen molar-refractivity contribution in [2.24, 2.45) is 11.8 Å². The van der Waals surface area contributed by atoms with Crippen molar-refractivity contribution in [3.63, 3.8) is 0 Å². The van der Waals surface area contributed by atoms with Crippen LogP contribution in [0.25, 0.3) is 0 Å². The van der Waals surface area contributed by atoms with Crippen LogP contribution in [0.3, 0.4) is 0 Å². The number of ether oxygens (including phenoxy) is 2. The summed E-state index contributed by atoms with van der Waals surface area (Å²) in [6, 6.07) is 7.64. The van der Waals surface area contributed by atoms with E-state index in [0.29, 0.717) is 12.5 Å². The Balaban J connectivity index is 1.91. The molecule has 2 rings (SSSR count). The van der Waals surface area contributed by atoms with Crippen LogP contribution in [0.4, 0.5) is 0 Å². The van der Waals surface area contributed by atoms with Gasteiger partial charge in [-0.2, -0.15) is 0 Å². The molecule has 0 saturated carbocycles. The lowest BCUT2D eigenvalue weighted by atomic mass is 9.93. The van der Waals surface area contributed by atoms with Crippen molar-refractivity contribution in [2.45, 2.75) is 13.3 Å². The zero-order chi connectivity index (χ0) is 14.4. The van der Waals surface area contributed by atoms with E-state index in [-0.39, 0.29) is 12.5 Å². The maximum absolute atomic E-state index is 9.62. The summed E-state index contributed by atoms with van der Waals surface area (Å²) in [5, 5.41) is 9.62. The third-order valence-corrected chi connectivity index (χ3v) is 4.18. The van der Waals surface area contributed by atoms with Crippen LogP contribution >= 0.6 is 0 Å². The number of nitrogens with zero attached hydrogens (tertiary/aromatic N) is 1. The molecule has 1 heterocycles. The van der Waals surface area contributed by atoms with Gasteiger partial charge in [-0.05, 0) is 37.6 Å². The minimum absolute atomic E-state index is 0.178. The molecule has 1 fully saturated rings. The summed E-state index contributed by atoms with van der Waals surface area (Å²) in [5.74, 6) is 2.20. The molecule has 2 unspecified atom stereocenters. The highest BCUT2D eigenvalue weighted by Gasteiger charge is 2.29. The Morgan fingerprint density at radius 3 is 2.70 bits per heavy atom. The number of rotatable bonds is 7. The molecule has 0 aliphatic carbocycles. The molecular formula is C16H25NO3. The first-order chi connectivity index (χ1) is 9.78. The smallest absolute Gasteiger partial charge is 0.161 e. The fourth-order valence-electron chi connectivity index (χ4n) is 2.81. The van der Waals surface area contributed by atoms with Gasteiger partial charge < -0.3 is 19.5 Å². The first-order valence-electron chi connectivity index (χ1n) is 7.37. The molecule has 20 heavy (non-hydrogen) atoms.